The van der Waals surface area contributed by atoms with E-state index < -0.39 is 20.9 Å². The zero-order valence-corrected chi connectivity index (χ0v) is 17.1. The van der Waals surface area contributed by atoms with Gasteiger partial charge in [0.25, 0.3) is 11.6 Å². The van der Waals surface area contributed by atoms with Gasteiger partial charge < -0.3 is 5.32 Å². The van der Waals surface area contributed by atoms with Crippen molar-refractivity contribution < 1.29 is 18.1 Å². The average Bonchev–Trinajstić information content (AvgIpc) is 2.67. The predicted molar refractivity (Wildman–Crippen MR) is 109 cm³/mol. The molecule has 2 atom stereocenters. The topological polar surface area (TPSA) is 110 Å². The molecule has 1 saturated heterocycles. The van der Waals surface area contributed by atoms with Gasteiger partial charge in [0.05, 0.1) is 9.82 Å². The lowest BCUT2D eigenvalue weighted by atomic mass is 9.94. The second-order valence-electron chi connectivity index (χ2n) is 7.55. The molecule has 29 heavy (non-hydrogen) atoms. The molecule has 1 N–H and O–H groups in total. The lowest BCUT2D eigenvalue weighted by Gasteiger charge is -2.34. The molecule has 1 heterocycles. The van der Waals surface area contributed by atoms with Crippen molar-refractivity contribution in [3.05, 3.63) is 64.2 Å². The largest absolute Gasteiger partial charge is 0.322 e. The lowest BCUT2D eigenvalue weighted by Crippen LogP contribution is -2.42. The summed E-state index contributed by atoms with van der Waals surface area (Å²) < 4.78 is 27.3. The van der Waals surface area contributed by atoms with Crippen LogP contribution >= 0.6 is 0 Å². The summed E-state index contributed by atoms with van der Waals surface area (Å²) in [5.74, 6) is 0.122. The molecule has 1 aliphatic heterocycles. The van der Waals surface area contributed by atoms with E-state index in [0.29, 0.717) is 24.9 Å². The molecule has 1 aliphatic rings. The van der Waals surface area contributed by atoms with Gasteiger partial charge in [0, 0.05) is 36.5 Å². The van der Waals surface area contributed by atoms with E-state index in [1.807, 2.05) is 13.8 Å². The number of nitrogens with zero attached hydrogens (tertiary/aromatic N) is 2. The maximum absolute atomic E-state index is 12.9. The van der Waals surface area contributed by atoms with Gasteiger partial charge in [0.1, 0.15) is 0 Å². The average molecular weight is 417 g/mol. The number of carbonyl (C=O) groups excluding carboxylic acids is 1. The number of anilines is 1. The third-order valence-corrected chi connectivity index (χ3v) is 6.75. The fraction of sp³-hybridized carbons (Fsp3) is 0.350. The third kappa shape index (κ3) is 4.80. The highest BCUT2D eigenvalue weighted by molar-refractivity contribution is 7.89. The SMILES string of the molecule is C[C@@H]1C[C@@H](C)CN(S(=O)(=O)c2ccc(C(=O)Nc3cccc([N+](=O)[O-])c3)cc2)C1. The van der Waals surface area contributed by atoms with E-state index in [0.717, 1.165) is 6.42 Å². The summed E-state index contributed by atoms with van der Waals surface area (Å²) in [5, 5.41) is 13.4. The van der Waals surface area contributed by atoms with Crippen LogP contribution in [0.5, 0.6) is 0 Å². The monoisotopic (exact) mass is 417 g/mol. The number of non-ortho nitro benzene ring substituents is 1. The van der Waals surface area contributed by atoms with Gasteiger partial charge in [-0.25, -0.2) is 8.42 Å². The number of amides is 1. The summed E-state index contributed by atoms with van der Waals surface area (Å²) in [4.78, 5) is 22.8. The van der Waals surface area contributed by atoms with Crippen LogP contribution in [0.15, 0.2) is 53.4 Å². The molecule has 1 fully saturated rings. The second kappa shape index (κ2) is 8.30. The quantitative estimate of drug-likeness (QED) is 0.591. The predicted octanol–water partition coefficient (Wildman–Crippen LogP) is 3.51. The van der Waals surface area contributed by atoms with Crippen LogP contribution in [-0.4, -0.2) is 36.6 Å². The van der Waals surface area contributed by atoms with Crippen LogP contribution in [0.4, 0.5) is 11.4 Å². The molecule has 2 aromatic rings. The number of carbonyl (C=O) groups is 1. The number of hydrogen-bond donors (Lipinski definition) is 1. The van der Waals surface area contributed by atoms with E-state index >= 15 is 0 Å². The minimum absolute atomic E-state index is 0.130. The summed E-state index contributed by atoms with van der Waals surface area (Å²) in [6.07, 6.45) is 1.00. The molecule has 2 aromatic carbocycles. The molecule has 0 radical (unpaired) electrons. The van der Waals surface area contributed by atoms with Crippen molar-refractivity contribution in [3.8, 4) is 0 Å². The third-order valence-electron chi connectivity index (χ3n) is 4.90. The Hall–Kier alpha value is -2.78. The van der Waals surface area contributed by atoms with Gasteiger partial charge in [-0.1, -0.05) is 19.9 Å². The first-order chi connectivity index (χ1) is 13.7. The zero-order valence-electron chi connectivity index (χ0n) is 16.2. The van der Waals surface area contributed by atoms with Crippen molar-refractivity contribution in [1.82, 2.24) is 4.31 Å². The van der Waals surface area contributed by atoms with Gasteiger partial charge in [-0.05, 0) is 48.6 Å². The fourth-order valence-electron chi connectivity index (χ4n) is 3.63. The number of nitrogens with one attached hydrogen (secondary N) is 1. The van der Waals surface area contributed by atoms with E-state index in [1.165, 1.54) is 46.8 Å². The first-order valence-electron chi connectivity index (χ1n) is 9.33. The van der Waals surface area contributed by atoms with Crippen LogP contribution in [0, 0.1) is 22.0 Å². The normalized spacial score (nSPS) is 20.2. The Bertz CT molecular complexity index is 1010. The molecule has 154 valence electrons. The minimum atomic E-state index is -3.62. The van der Waals surface area contributed by atoms with E-state index in [4.69, 9.17) is 0 Å². The van der Waals surface area contributed by atoms with Crippen LogP contribution in [0.25, 0.3) is 0 Å². The summed E-state index contributed by atoms with van der Waals surface area (Å²) >= 11 is 0. The molecule has 0 saturated carbocycles. The molecular weight excluding hydrogens is 394 g/mol. The van der Waals surface area contributed by atoms with Crippen molar-refractivity contribution in [3.63, 3.8) is 0 Å². The molecule has 0 aromatic heterocycles. The van der Waals surface area contributed by atoms with Crippen molar-refractivity contribution in [2.45, 2.75) is 25.2 Å². The highest BCUT2D eigenvalue weighted by Crippen LogP contribution is 2.27. The number of hydrogen-bond acceptors (Lipinski definition) is 5. The van der Waals surface area contributed by atoms with Gasteiger partial charge >= 0.3 is 0 Å². The second-order valence-corrected chi connectivity index (χ2v) is 9.49. The highest BCUT2D eigenvalue weighted by Gasteiger charge is 2.31. The first-order valence-corrected chi connectivity index (χ1v) is 10.8. The van der Waals surface area contributed by atoms with Crippen molar-refractivity contribution in [1.29, 1.82) is 0 Å². The van der Waals surface area contributed by atoms with Gasteiger partial charge in [-0.15, -0.1) is 0 Å². The standard InChI is InChI=1S/C20H23N3O5S/c1-14-10-15(2)13-22(12-14)29(27,28)19-8-6-16(7-9-19)20(24)21-17-4-3-5-18(11-17)23(25)26/h3-9,11,14-15H,10,12-13H2,1-2H3,(H,21,24)/t14-,15-/m1/s1. The van der Waals surface area contributed by atoms with Gasteiger partial charge in [-0.3, -0.25) is 14.9 Å². The van der Waals surface area contributed by atoms with Crippen LogP contribution in [0.2, 0.25) is 0 Å². The van der Waals surface area contributed by atoms with E-state index in [9.17, 15) is 23.3 Å². The summed E-state index contributed by atoms with van der Waals surface area (Å²) in [5.41, 5.74) is 0.419. The molecule has 0 bridgehead atoms. The van der Waals surface area contributed by atoms with Gasteiger partial charge in [0.15, 0.2) is 0 Å². The molecule has 0 unspecified atom stereocenters. The Morgan fingerprint density at radius 2 is 1.72 bits per heavy atom. The summed E-state index contributed by atoms with van der Waals surface area (Å²) in [6.45, 7) is 5.06. The Morgan fingerprint density at radius 3 is 2.31 bits per heavy atom. The number of benzene rings is 2. The van der Waals surface area contributed by atoms with Gasteiger partial charge in [0.2, 0.25) is 10.0 Å². The van der Waals surface area contributed by atoms with E-state index in [2.05, 4.69) is 5.32 Å². The van der Waals surface area contributed by atoms with Crippen LogP contribution in [0.1, 0.15) is 30.6 Å². The number of sulfonamides is 1. The maximum atomic E-state index is 12.9. The van der Waals surface area contributed by atoms with Gasteiger partial charge in [-0.2, -0.15) is 4.31 Å². The van der Waals surface area contributed by atoms with Crippen molar-refractivity contribution >= 4 is 27.3 Å². The van der Waals surface area contributed by atoms with Crippen molar-refractivity contribution in [2.75, 3.05) is 18.4 Å². The lowest BCUT2D eigenvalue weighted by molar-refractivity contribution is -0.384. The number of nitro groups is 1. The van der Waals surface area contributed by atoms with Crippen LogP contribution in [-0.2, 0) is 10.0 Å². The number of rotatable bonds is 5. The Morgan fingerprint density at radius 1 is 1.10 bits per heavy atom. The zero-order chi connectivity index (χ0) is 21.2. The number of nitro benzene ring substituents is 1. The van der Waals surface area contributed by atoms with E-state index in [1.54, 1.807) is 6.07 Å². The summed E-state index contributed by atoms with van der Waals surface area (Å²) in [7, 11) is -3.62. The molecule has 9 heteroatoms. The molecule has 1 amide bonds. The van der Waals surface area contributed by atoms with E-state index in [-0.39, 0.29) is 21.8 Å². The maximum Gasteiger partial charge on any atom is 0.271 e. The molecule has 0 aliphatic carbocycles. The fourth-order valence-corrected chi connectivity index (χ4v) is 5.31. The first kappa shape index (κ1) is 20.9. The molecule has 0 spiro atoms. The highest BCUT2D eigenvalue weighted by atomic mass is 32.2. The molecular formula is C20H23N3O5S. The minimum Gasteiger partial charge on any atom is -0.322 e. The van der Waals surface area contributed by atoms with Crippen molar-refractivity contribution in [2.24, 2.45) is 11.8 Å². The van der Waals surface area contributed by atoms with Crippen LogP contribution in [0.3, 0.4) is 0 Å². The Kier molecular flexibility index (Phi) is 5.99. The smallest absolute Gasteiger partial charge is 0.271 e. The molecule has 8 nitrogen and oxygen atoms in total. The number of piperidine rings is 1. The van der Waals surface area contributed by atoms with Crippen LogP contribution < -0.4 is 5.32 Å². The summed E-state index contributed by atoms with van der Waals surface area (Å²) in [6, 6.07) is 11.3. The molecule has 3 rings (SSSR count). The Balaban J connectivity index is 1.75. The Labute approximate surface area is 169 Å².